The molecule has 30 heavy (non-hydrogen) atoms. The fourth-order valence-electron chi connectivity index (χ4n) is 3.75. The van der Waals surface area contributed by atoms with Gasteiger partial charge in [-0.2, -0.15) is 0 Å². The molecule has 2 rings (SSSR count). The Bertz CT molecular complexity index is 732. The number of benzene rings is 1. The van der Waals surface area contributed by atoms with Crippen molar-refractivity contribution in [1.29, 1.82) is 0 Å². The highest BCUT2D eigenvalue weighted by Crippen LogP contribution is 2.18. The van der Waals surface area contributed by atoms with E-state index in [-0.39, 0.29) is 17.9 Å². The van der Waals surface area contributed by atoms with Crippen molar-refractivity contribution in [1.82, 2.24) is 20.4 Å². The van der Waals surface area contributed by atoms with E-state index in [9.17, 15) is 9.59 Å². The third-order valence-electron chi connectivity index (χ3n) is 5.38. The maximum atomic E-state index is 12.1. The van der Waals surface area contributed by atoms with E-state index < -0.39 is 0 Å². The van der Waals surface area contributed by atoms with Crippen LogP contribution in [0.1, 0.15) is 55.5 Å². The van der Waals surface area contributed by atoms with Gasteiger partial charge >= 0.3 is 0 Å². The van der Waals surface area contributed by atoms with Gasteiger partial charge in [-0.15, -0.1) is 0 Å². The molecule has 0 aliphatic carbocycles. The summed E-state index contributed by atoms with van der Waals surface area (Å²) < 4.78 is 0. The molecule has 1 aliphatic heterocycles. The first-order valence-electron chi connectivity index (χ1n) is 11.1. The molecule has 1 heterocycles. The van der Waals surface area contributed by atoms with E-state index in [1.54, 1.807) is 19.0 Å². The average molecular weight is 416 g/mol. The molecule has 166 valence electrons. The Balaban J connectivity index is 1.85. The molecule has 1 aliphatic rings. The number of nitrogens with one attached hydrogen (secondary N) is 2. The Morgan fingerprint density at radius 1 is 1.27 bits per heavy atom. The van der Waals surface area contributed by atoms with Crippen LogP contribution in [-0.2, 0) is 11.2 Å². The average Bonchev–Trinajstić information content (AvgIpc) is 3.16. The van der Waals surface area contributed by atoms with Gasteiger partial charge in [0.05, 0.1) is 0 Å². The number of guanidine groups is 1. The van der Waals surface area contributed by atoms with E-state index in [1.165, 1.54) is 0 Å². The summed E-state index contributed by atoms with van der Waals surface area (Å²) in [6.45, 7) is 7.27. The maximum Gasteiger partial charge on any atom is 0.253 e. The van der Waals surface area contributed by atoms with Crippen LogP contribution in [0, 0.1) is 0 Å². The molecule has 1 aromatic rings. The molecule has 1 atom stereocenters. The second kappa shape index (κ2) is 12.2. The third-order valence-corrected chi connectivity index (χ3v) is 5.38. The molecule has 1 unspecified atom stereocenters. The van der Waals surface area contributed by atoms with Crippen molar-refractivity contribution >= 4 is 17.8 Å². The van der Waals surface area contributed by atoms with Crippen LogP contribution in [0.5, 0.6) is 0 Å². The Hall–Kier alpha value is -2.57. The van der Waals surface area contributed by atoms with Crippen LogP contribution in [0.15, 0.2) is 29.3 Å². The summed E-state index contributed by atoms with van der Waals surface area (Å²) in [7, 11) is 3.52. The van der Waals surface area contributed by atoms with E-state index >= 15 is 0 Å². The summed E-state index contributed by atoms with van der Waals surface area (Å²) in [5, 5.41) is 6.65. The molecule has 0 bridgehead atoms. The Morgan fingerprint density at radius 3 is 2.70 bits per heavy atom. The second-order valence-electron chi connectivity index (χ2n) is 7.88. The van der Waals surface area contributed by atoms with Crippen LogP contribution in [0.3, 0.4) is 0 Å². The summed E-state index contributed by atoms with van der Waals surface area (Å²) in [5.74, 6) is 1.09. The number of hydrogen-bond donors (Lipinski definition) is 2. The molecule has 1 saturated heterocycles. The molecule has 7 heteroatoms. The zero-order valence-corrected chi connectivity index (χ0v) is 18.9. The Labute approximate surface area is 180 Å². The summed E-state index contributed by atoms with van der Waals surface area (Å²) >= 11 is 0. The number of carbonyl (C=O) groups excluding carboxylic acids is 2. The standard InChI is InChI=1S/C23H37N5O2/c1-5-20(28-16-8-11-21(28)29)13-15-26-23(24-6-2)25-14-12-18-9-7-10-19(17-18)22(30)27(3)4/h7,9-10,17,20H,5-6,8,11-16H2,1-4H3,(H2,24,25,26). The first-order valence-corrected chi connectivity index (χ1v) is 11.1. The van der Waals surface area contributed by atoms with Crippen LogP contribution in [0.2, 0.25) is 0 Å². The summed E-state index contributed by atoms with van der Waals surface area (Å²) in [6.07, 6.45) is 4.31. The summed E-state index contributed by atoms with van der Waals surface area (Å²) in [4.78, 5) is 32.4. The largest absolute Gasteiger partial charge is 0.357 e. The number of aliphatic imine (C=N–C) groups is 1. The molecule has 0 aromatic heterocycles. The highest BCUT2D eigenvalue weighted by atomic mass is 16.2. The molecular weight excluding hydrogens is 378 g/mol. The fraction of sp³-hybridized carbons (Fsp3) is 0.609. The molecule has 1 fully saturated rings. The highest BCUT2D eigenvalue weighted by Gasteiger charge is 2.26. The topological polar surface area (TPSA) is 77.0 Å². The minimum absolute atomic E-state index is 0.0154. The minimum atomic E-state index is 0.0154. The lowest BCUT2D eigenvalue weighted by molar-refractivity contribution is -0.129. The van der Waals surface area contributed by atoms with Gasteiger partial charge in [0.15, 0.2) is 5.96 Å². The van der Waals surface area contributed by atoms with Gasteiger partial charge in [0.2, 0.25) is 5.91 Å². The number of amides is 2. The van der Waals surface area contributed by atoms with E-state index in [2.05, 4.69) is 17.6 Å². The lowest BCUT2D eigenvalue weighted by Crippen LogP contribution is -2.39. The van der Waals surface area contributed by atoms with Crippen molar-refractivity contribution in [3.63, 3.8) is 0 Å². The first-order chi connectivity index (χ1) is 14.5. The van der Waals surface area contributed by atoms with Crippen molar-refractivity contribution in [2.24, 2.45) is 4.99 Å². The Morgan fingerprint density at radius 2 is 2.07 bits per heavy atom. The second-order valence-corrected chi connectivity index (χ2v) is 7.88. The van der Waals surface area contributed by atoms with Crippen molar-refractivity contribution in [3.05, 3.63) is 35.4 Å². The third kappa shape index (κ3) is 7.04. The van der Waals surface area contributed by atoms with Gasteiger partial charge in [0.1, 0.15) is 0 Å². The van der Waals surface area contributed by atoms with Gasteiger partial charge < -0.3 is 20.4 Å². The number of hydrogen-bond acceptors (Lipinski definition) is 3. The predicted octanol–water partition coefficient (Wildman–Crippen LogP) is 2.28. The molecule has 2 N–H and O–H groups in total. The van der Waals surface area contributed by atoms with Crippen molar-refractivity contribution in [2.45, 2.75) is 52.0 Å². The van der Waals surface area contributed by atoms with Gasteiger partial charge in [-0.3, -0.25) is 14.6 Å². The van der Waals surface area contributed by atoms with Crippen LogP contribution >= 0.6 is 0 Å². The molecule has 0 radical (unpaired) electrons. The van der Waals surface area contributed by atoms with Gasteiger partial charge in [-0.05, 0) is 50.3 Å². The zero-order valence-electron chi connectivity index (χ0n) is 18.9. The summed E-state index contributed by atoms with van der Waals surface area (Å²) in [6, 6.07) is 8.05. The van der Waals surface area contributed by atoms with E-state index in [0.29, 0.717) is 18.5 Å². The predicted molar refractivity (Wildman–Crippen MR) is 122 cm³/mol. The van der Waals surface area contributed by atoms with Crippen LogP contribution in [0.4, 0.5) is 0 Å². The van der Waals surface area contributed by atoms with E-state index in [4.69, 9.17) is 4.99 Å². The number of nitrogens with zero attached hydrogens (tertiary/aromatic N) is 3. The van der Waals surface area contributed by atoms with Crippen molar-refractivity contribution in [3.8, 4) is 0 Å². The van der Waals surface area contributed by atoms with E-state index in [1.807, 2.05) is 36.1 Å². The normalized spacial score (nSPS) is 15.3. The van der Waals surface area contributed by atoms with Crippen molar-refractivity contribution in [2.75, 3.05) is 40.3 Å². The monoisotopic (exact) mass is 415 g/mol. The van der Waals surface area contributed by atoms with Crippen molar-refractivity contribution < 1.29 is 9.59 Å². The van der Waals surface area contributed by atoms with E-state index in [0.717, 1.165) is 56.8 Å². The first kappa shape index (κ1) is 23.7. The summed E-state index contributed by atoms with van der Waals surface area (Å²) in [5.41, 5.74) is 1.82. The molecule has 1 aromatic carbocycles. The lowest BCUT2D eigenvalue weighted by atomic mass is 10.1. The van der Waals surface area contributed by atoms with Gasteiger partial charge in [0.25, 0.3) is 5.91 Å². The maximum absolute atomic E-state index is 12.1. The zero-order chi connectivity index (χ0) is 21.9. The number of rotatable bonds is 10. The van der Waals surface area contributed by atoms with Crippen LogP contribution < -0.4 is 10.6 Å². The molecule has 0 saturated carbocycles. The smallest absolute Gasteiger partial charge is 0.253 e. The molecule has 0 spiro atoms. The molecule has 2 amide bonds. The SMILES string of the molecule is CCNC(=NCCC(CC)N1CCCC1=O)NCCc1cccc(C(=O)N(C)C)c1. The number of likely N-dealkylation sites (tertiary alicyclic amines) is 1. The van der Waals surface area contributed by atoms with Gasteiger partial charge in [0, 0.05) is 58.3 Å². The molecular formula is C23H37N5O2. The van der Waals surface area contributed by atoms with Gasteiger partial charge in [-0.1, -0.05) is 19.1 Å². The fourth-order valence-corrected chi connectivity index (χ4v) is 3.75. The number of carbonyl (C=O) groups is 2. The van der Waals surface area contributed by atoms with Crippen LogP contribution in [0.25, 0.3) is 0 Å². The highest BCUT2D eigenvalue weighted by molar-refractivity contribution is 5.94. The van der Waals surface area contributed by atoms with Crippen LogP contribution in [-0.4, -0.2) is 73.9 Å². The Kier molecular flexibility index (Phi) is 9.64. The quantitative estimate of drug-likeness (QED) is 0.454. The minimum Gasteiger partial charge on any atom is -0.357 e. The van der Waals surface area contributed by atoms with Gasteiger partial charge in [-0.25, -0.2) is 0 Å². The lowest BCUT2D eigenvalue weighted by Gasteiger charge is -2.26. The molecule has 7 nitrogen and oxygen atoms in total.